The van der Waals surface area contributed by atoms with Crippen molar-refractivity contribution in [2.24, 2.45) is 0 Å². The minimum atomic E-state index is -0.966. The molecule has 0 saturated carbocycles. The summed E-state index contributed by atoms with van der Waals surface area (Å²) in [5.41, 5.74) is 0.336. The fourth-order valence-corrected chi connectivity index (χ4v) is 1.27. The monoisotopic (exact) mass is 214 g/mol. The van der Waals surface area contributed by atoms with E-state index in [4.69, 9.17) is 9.84 Å². The Kier molecular flexibility index (Phi) is 4.05. The van der Waals surface area contributed by atoms with E-state index in [0.29, 0.717) is 5.56 Å². The number of benzene rings is 1. The van der Waals surface area contributed by atoms with Crippen LogP contribution in [0.5, 0.6) is 5.75 Å². The number of hydrogen-bond donors (Lipinski definition) is 2. The average Bonchev–Trinajstić information content (AvgIpc) is 2.21. The van der Waals surface area contributed by atoms with E-state index in [1.165, 1.54) is 20.1 Å². The van der Waals surface area contributed by atoms with Crippen LogP contribution in [0.2, 0.25) is 0 Å². The van der Waals surface area contributed by atoms with Crippen LogP contribution in [0.3, 0.4) is 0 Å². The fraction of sp³-hybridized carbons (Fsp3) is 0.455. The Morgan fingerprint density at radius 1 is 1.40 bits per heavy atom. The van der Waals surface area contributed by atoms with Crippen LogP contribution in [-0.2, 0) is 6.42 Å². The number of hydrogen-bond acceptors (Lipinski definition) is 3. The second-order valence-corrected chi connectivity index (χ2v) is 3.45. The van der Waals surface area contributed by atoms with Gasteiger partial charge in [0.05, 0.1) is 19.3 Å². The molecule has 1 aromatic carbocycles. The predicted molar refractivity (Wildman–Crippen MR) is 54.3 cm³/mol. The molecule has 84 valence electrons. The van der Waals surface area contributed by atoms with Crippen molar-refractivity contribution in [2.45, 2.75) is 25.6 Å². The van der Waals surface area contributed by atoms with Crippen molar-refractivity contribution in [3.05, 3.63) is 29.6 Å². The molecule has 0 saturated heterocycles. The summed E-state index contributed by atoms with van der Waals surface area (Å²) < 4.78 is 18.4. The van der Waals surface area contributed by atoms with Crippen molar-refractivity contribution in [1.82, 2.24) is 0 Å². The number of halogens is 1. The van der Waals surface area contributed by atoms with Gasteiger partial charge in [0.2, 0.25) is 0 Å². The van der Waals surface area contributed by atoms with Gasteiger partial charge in [0, 0.05) is 6.42 Å². The molecule has 1 rings (SSSR count). The summed E-state index contributed by atoms with van der Waals surface area (Å²) in [6, 6.07) is 4.71. The highest BCUT2D eigenvalue weighted by atomic mass is 19.1. The molecule has 2 unspecified atom stereocenters. The quantitative estimate of drug-likeness (QED) is 0.789. The van der Waals surface area contributed by atoms with E-state index < -0.39 is 18.0 Å². The number of ether oxygens (including phenoxy) is 1. The molecule has 0 bridgehead atoms. The van der Waals surface area contributed by atoms with Crippen LogP contribution in [0.1, 0.15) is 12.5 Å². The molecule has 1 aromatic rings. The van der Waals surface area contributed by atoms with E-state index in [1.54, 1.807) is 12.1 Å². The Balaban J connectivity index is 2.86. The molecule has 0 radical (unpaired) electrons. The van der Waals surface area contributed by atoms with E-state index in [9.17, 15) is 9.50 Å². The van der Waals surface area contributed by atoms with E-state index in [2.05, 4.69) is 0 Å². The summed E-state index contributed by atoms with van der Waals surface area (Å²) in [6.45, 7) is 1.46. The summed E-state index contributed by atoms with van der Waals surface area (Å²) in [5.74, 6) is -0.343. The lowest BCUT2D eigenvalue weighted by atomic mass is 10.0. The first-order valence-electron chi connectivity index (χ1n) is 4.73. The minimum absolute atomic E-state index is 0.0701. The Hall–Kier alpha value is -1.13. The topological polar surface area (TPSA) is 49.7 Å². The summed E-state index contributed by atoms with van der Waals surface area (Å²) in [5, 5.41) is 18.5. The standard InChI is InChI=1S/C11H15FO3/c1-7(13)9(14)6-8-4-3-5-10(15-2)11(8)12/h3-5,7,9,13-14H,6H2,1-2H3. The van der Waals surface area contributed by atoms with Crippen LogP contribution in [0, 0.1) is 5.82 Å². The molecule has 2 N–H and O–H groups in total. The molecule has 2 atom stereocenters. The van der Waals surface area contributed by atoms with Crippen molar-refractivity contribution in [1.29, 1.82) is 0 Å². The van der Waals surface area contributed by atoms with Gasteiger partial charge in [-0.15, -0.1) is 0 Å². The Morgan fingerprint density at radius 3 is 2.60 bits per heavy atom. The molecule has 0 amide bonds. The summed E-state index contributed by atoms with van der Waals surface area (Å²) in [4.78, 5) is 0. The van der Waals surface area contributed by atoms with Gasteiger partial charge in [-0.3, -0.25) is 0 Å². The van der Waals surface area contributed by atoms with Crippen molar-refractivity contribution in [2.75, 3.05) is 7.11 Å². The largest absolute Gasteiger partial charge is 0.494 e. The summed E-state index contributed by atoms with van der Waals surface area (Å²) in [7, 11) is 1.38. The van der Waals surface area contributed by atoms with Crippen LogP contribution in [0.25, 0.3) is 0 Å². The maximum absolute atomic E-state index is 13.6. The first-order chi connectivity index (χ1) is 7.06. The normalized spacial score (nSPS) is 14.7. The van der Waals surface area contributed by atoms with Crippen LogP contribution < -0.4 is 4.74 Å². The van der Waals surface area contributed by atoms with Gasteiger partial charge in [0.15, 0.2) is 11.6 Å². The highest BCUT2D eigenvalue weighted by Gasteiger charge is 2.16. The van der Waals surface area contributed by atoms with Gasteiger partial charge >= 0.3 is 0 Å². The van der Waals surface area contributed by atoms with Crippen LogP contribution in [-0.4, -0.2) is 29.5 Å². The van der Waals surface area contributed by atoms with Crippen molar-refractivity contribution in [3.8, 4) is 5.75 Å². The molecular weight excluding hydrogens is 199 g/mol. The molecule has 15 heavy (non-hydrogen) atoms. The molecule has 0 spiro atoms. The average molecular weight is 214 g/mol. The lowest BCUT2D eigenvalue weighted by Crippen LogP contribution is -2.25. The highest BCUT2D eigenvalue weighted by molar-refractivity contribution is 5.31. The van der Waals surface area contributed by atoms with E-state index in [0.717, 1.165) is 0 Å². The molecule has 0 heterocycles. The van der Waals surface area contributed by atoms with E-state index in [1.807, 2.05) is 0 Å². The maximum Gasteiger partial charge on any atom is 0.168 e. The van der Waals surface area contributed by atoms with Gasteiger partial charge in [0.25, 0.3) is 0 Å². The highest BCUT2D eigenvalue weighted by Crippen LogP contribution is 2.21. The Bertz CT molecular complexity index is 326. The summed E-state index contributed by atoms with van der Waals surface area (Å²) in [6.07, 6.45) is -1.78. The SMILES string of the molecule is COc1cccc(CC(O)C(C)O)c1F. The van der Waals surface area contributed by atoms with Gasteiger partial charge in [0.1, 0.15) is 0 Å². The van der Waals surface area contributed by atoms with Crippen LogP contribution in [0.15, 0.2) is 18.2 Å². The number of rotatable bonds is 4. The van der Waals surface area contributed by atoms with Crippen molar-refractivity contribution >= 4 is 0 Å². The zero-order chi connectivity index (χ0) is 11.4. The predicted octanol–water partition coefficient (Wildman–Crippen LogP) is 1.12. The van der Waals surface area contributed by atoms with Gasteiger partial charge < -0.3 is 14.9 Å². The molecule has 4 heteroatoms. The molecule has 3 nitrogen and oxygen atoms in total. The zero-order valence-corrected chi connectivity index (χ0v) is 8.77. The Labute approximate surface area is 88.1 Å². The lowest BCUT2D eigenvalue weighted by Gasteiger charge is -2.14. The molecule has 0 aliphatic rings. The smallest absolute Gasteiger partial charge is 0.168 e. The second kappa shape index (κ2) is 5.09. The fourth-order valence-electron chi connectivity index (χ4n) is 1.27. The Morgan fingerprint density at radius 2 is 2.07 bits per heavy atom. The van der Waals surface area contributed by atoms with E-state index in [-0.39, 0.29) is 12.2 Å². The molecule has 0 aliphatic heterocycles. The van der Waals surface area contributed by atoms with Gasteiger partial charge in [-0.25, -0.2) is 4.39 Å². The molecule has 0 fully saturated rings. The number of aliphatic hydroxyl groups is 2. The lowest BCUT2D eigenvalue weighted by molar-refractivity contribution is 0.0314. The molecule has 0 aromatic heterocycles. The number of methoxy groups -OCH3 is 1. The first-order valence-corrected chi connectivity index (χ1v) is 4.73. The third-order valence-electron chi connectivity index (χ3n) is 2.25. The van der Waals surface area contributed by atoms with Gasteiger partial charge in [-0.1, -0.05) is 12.1 Å². The van der Waals surface area contributed by atoms with Gasteiger partial charge in [-0.05, 0) is 18.6 Å². The molecule has 0 aliphatic carbocycles. The third-order valence-corrected chi connectivity index (χ3v) is 2.25. The minimum Gasteiger partial charge on any atom is -0.494 e. The van der Waals surface area contributed by atoms with E-state index >= 15 is 0 Å². The molecular formula is C11H15FO3. The van der Waals surface area contributed by atoms with Crippen molar-refractivity contribution < 1.29 is 19.3 Å². The second-order valence-electron chi connectivity index (χ2n) is 3.45. The van der Waals surface area contributed by atoms with Crippen LogP contribution >= 0.6 is 0 Å². The maximum atomic E-state index is 13.6. The van der Waals surface area contributed by atoms with Crippen LogP contribution in [0.4, 0.5) is 4.39 Å². The zero-order valence-electron chi connectivity index (χ0n) is 8.77. The first kappa shape index (κ1) is 11.9. The van der Waals surface area contributed by atoms with Gasteiger partial charge in [-0.2, -0.15) is 0 Å². The van der Waals surface area contributed by atoms with Crippen molar-refractivity contribution in [3.63, 3.8) is 0 Å². The third kappa shape index (κ3) is 2.91. The summed E-state index contributed by atoms with van der Waals surface area (Å²) >= 11 is 0. The number of aliphatic hydroxyl groups excluding tert-OH is 2.